The Kier molecular flexibility index (Phi) is 6.42. The fourth-order valence-corrected chi connectivity index (χ4v) is 4.21. The normalized spacial score (nSPS) is 14.5. The van der Waals surface area contributed by atoms with Gasteiger partial charge < -0.3 is 15.0 Å². The van der Waals surface area contributed by atoms with Crippen LogP contribution in [0, 0.1) is 17.0 Å². The first kappa shape index (κ1) is 20.7. The van der Waals surface area contributed by atoms with E-state index in [9.17, 15) is 19.7 Å². The Labute approximate surface area is 171 Å². The third-order valence-corrected chi connectivity index (χ3v) is 5.89. The van der Waals surface area contributed by atoms with Crippen LogP contribution in [-0.4, -0.2) is 46.5 Å². The highest BCUT2D eigenvalue weighted by Crippen LogP contribution is 2.31. The van der Waals surface area contributed by atoms with E-state index in [0.717, 1.165) is 17.8 Å². The predicted octanol–water partition coefficient (Wildman–Crippen LogP) is 3.95. The lowest BCUT2D eigenvalue weighted by Gasteiger charge is -2.31. The molecular formula is C19H22N4O5S. The number of hydrogen-bond acceptors (Lipinski definition) is 7. The molecule has 2 amide bonds. The van der Waals surface area contributed by atoms with Gasteiger partial charge in [0, 0.05) is 30.5 Å². The number of thiazole rings is 1. The van der Waals surface area contributed by atoms with E-state index < -0.39 is 10.9 Å². The Morgan fingerprint density at radius 3 is 2.76 bits per heavy atom. The predicted molar refractivity (Wildman–Crippen MR) is 108 cm³/mol. The molecule has 0 saturated carbocycles. The van der Waals surface area contributed by atoms with Crippen LogP contribution in [0.2, 0.25) is 0 Å². The van der Waals surface area contributed by atoms with E-state index in [2.05, 4.69) is 10.3 Å². The summed E-state index contributed by atoms with van der Waals surface area (Å²) in [5.41, 5.74) is 1.16. The molecule has 1 fully saturated rings. The summed E-state index contributed by atoms with van der Waals surface area (Å²) in [5, 5.41) is 16.4. The van der Waals surface area contributed by atoms with Gasteiger partial charge in [-0.05, 0) is 32.8 Å². The van der Waals surface area contributed by atoms with Crippen LogP contribution in [0.3, 0.4) is 0 Å². The van der Waals surface area contributed by atoms with E-state index in [4.69, 9.17) is 4.74 Å². The van der Waals surface area contributed by atoms with Crippen LogP contribution in [0.25, 0.3) is 0 Å². The number of amides is 2. The smallest absolute Gasteiger partial charge is 0.357 e. The molecule has 1 aromatic heterocycles. The van der Waals surface area contributed by atoms with Gasteiger partial charge in [-0.25, -0.2) is 14.6 Å². The number of carbonyl (C=O) groups is 2. The monoisotopic (exact) mass is 418 g/mol. The first-order valence-corrected chi connectivity index (χ1v) is 10.2. The molecule has 3 rings (SSSR count). The number of nitro benzene ring substituents is 1. The second-order valence-corrected chi connectivity index (χ2v) is 7.58. The minimum absolute atomic E-state index is 0.0253. The van der Waals surface area contributed by atoms with Crippen molar-refractivity contribution in [3.8, 4) is 0 Å². The third-order valence-electron chi connectivity index (χ3n) is 4.88. The Morgan fingerprint density at radius 2 is 2.10 bits per heavy atom. The molecule has 0 unspecified atom stereocenters. The highest BCUT2D eigenvalue weighted by Gasteiger charge is 2.27. The molecule has 1 N–H and O–H groups in total. The summed E-state index contributed by atoms with van der Waals surface area (Å²) in [7, 11) is 0. The minimum atomic E-state index is -0.463. The Balaban J connectivity index is 1.58. The van der Waals surface area contributed by atoms with Gasteiger partial charge >= 0.3 is 12.0 Å². The van der Waals surface area contributed by atoms with Crippen molar-refractivity contribution in [3.05, 3.63) is 50.0 Å². The van der Waals surface area contributed by atoms with Gasteiger partial charge in [0.2, 0.25) is 0 Å². The second-order valence-electron chi connectivity index (χ2n) is 6.69. The molecule has 0 bridgehead atoms. The molecule has 0 aliphatic carbocycles. The summed E-state index contributed by atoms with van der Waals surface area (Å²) in [5.74, 6) is -0.231. The number of ether oxygens (including phenoxy) is 1. The highest BCUT2D eigenvalue weighted by molar-refractivity contribution is 7.09. The average molecular weight is 418 g/mol. The molecule has 154 valence electrons. The minimum Gasteiger partial charge on any atom is -0.461 e. The number of carbonyl (C=O) groups excluding carboxylic acids is 2. The standard InChI is InChI=1S/C19H22N4O5S/c1-3-28-18(24)15-11-29-17(20-15)13-7-9-22(10-8-13)19(25)21-14-5-4-6-16(12(14)2)23(26)27/h4-6,11,13H,3,7-10H2,1-2H3,(H,21,25). The lowest BCUT2D eigenvalue weighted by atomic mass is 9.98. The molecule has 2 aromatic rings. The number of nitrogens with one attached hydrogen (secondary N) is 1. The number of esters is 1. The van der Waals surface area contributed by atoms with Crippen molar-refractivity contribution in [2.75, 3.05) is 25.0 Å². The zero-order valence-corrected chi connectivity index (χ0v) is 17.0. The van der Waals surface area contributed by atoms with E-state index in [1.165, 1.54) is 17.4 Å². The quantitative estimate of drug-likeness (QED) is 0.447. The van der Waals surface area contributed by atoms with Crippen LogP contribution >= 0.6 is 11.3 Å². The molecule has 0 atom stereocenters. The van der Waals surface area contributed by atoms with E-state index >= 15 is 0 Å². The third kappa shape index (κ3) is 4.70. The molecule has 1 aliphatic heterocycles. The van der Waals surface area contributed by atoms with Crippen molar-refractivity contribution in [1.82, 2.24) is 9.88 Å². The molecular weight excluding hydrogens is 396 g/mol. The van der Waals surface area contributed by atoms with Gasteiger partial charge in [-0.1, -0.05) is 6.07 Å². The summed E-state index contributed by atoms with van der Waals surface area (Å²) in [4.78, 5) is 41.0. The number of nitro groups is 1. The molecule has 29 heavy (non-hydrogen) atoms. The van der Waals surface area contributed by atoms with Gasteiger partial charge in [0.1, 0.15) is 0 Å². The van der Waals surface area contributed by atoms with Crippen LogP contribution < -0.4 is 5.32 Å². The molecule has 0 radical (unpaired) electrons. The van der Waals surface area contributed by atoms with Crippen molar-refractivity contribution >= 4 is 34.7 Å². The molecule has 10 heteroatoms. The van der Waals surface area contributed by atoms with Gasteiger partial charge in [-0.3, -0.25) is 10.1 Å². The Hall–Kier alpha value is -3.01. The maximum atomic E-state index is 12.6. The van der Waals surface area contributed by atoms with E-state index in [-0.39, 0.29) is 17.6 Å². The van der Waals surface area contributed by atoms with Crippen molar-refractivity contribution in [3.63, 3.8) is 0 Å². The summed E-state index contributed by atoms with van der Waals surface area (Å²) in [6.45, 7) is 4.76. The lowest BCUT2D eigenvalue weighted by molar-refractivity contribution is -0.385. The zero-order valence-electron chi connectivity index (χ0n) is 16.2. The van der Waals surface area contributed by atoms with Crippen molar-refractivity contribution in [1.29, 1.82) is 0 Å². The maximum Gasteiger partial charge on any atom is 0.357 e. The first-order valence-electron chi connectivity index (χ1n) is 9.33. The molecule has 9 nitrogen and oxygen atoms in total. The van der Waals surface area contributed by atoms with Gasteiger partial charge in [0.05, 0.1) is 27.8 Å². The summed E-state index contributed by atoms with van der Waals surface area (Å²) in [6, 6.07) is 4.34. The fraction of sp³-hybridized carbons (Fsp3) is 0.421. The van der Waals surface area contributed by atoms with E-state index in [1.807, 2.05) is 0 Å². The number of nitrogens with zero attached hydrogens (tertiary/aromatic N) is 3. The summed E-state index contributed by atoms with van der Waals surface area (Å²) < 4.78 is 4.97. The second kappa shape index (κ2) is 8.99. The fourth-order valence-electron chi connectivity index (χ4n) is 3.25. The number of likely N-dealkylation sites (tertiary alicyclic amines) is 1. The number of piperidine rings is 1. The van der Waals surface area contributed by atoms with Crippen LogP contribution in [0.1, 0.15) is 46.7 Å². The van der Waals surface area contributed by atoms with Crippen molar-refractivity contribution in [2.45, 2.75) is 32.6 Å². The van der Waals surface area contributed by atoms with Crippen LogP contribution in [-0.2, 0) is 4.74 Å². The largest absolute Gasteiger partial charge is 0.461 e. The zero-order chi connectivity index (χ0) is 21.0. The van der Waals surface area contributed by atoms with Gasteiger partial charge in [0.15, 0.2) is 5.69 Å². The molecule has 2 heterocycles. The number of anilines is 1. The van der Waals surface area contributed by atoms with Crippen LogP contribution in [0.4, 0.5) is 16.2 Å². The molecule has 1 aromatic carbocycles. The molecule has 1 saturated heterocycles. The summed E-state index contributed by atoms with van der Waals surface area (Å²) >= 11 is 1.43. The molecule has 1 aliphatic rings. The lowest BCUT2D eigenvalue weighted by Crippen LogP contribution is -2.40. The average Bonchev–Trinajstić information content (AvgIpc) is 3.20. The van der Waals surface area contributed by atoms with Crippen LogP contribution in [0.5, 0.6) is 0 Å². The van der Waals surface area contributed by atoms with Gasteiger partial charge in [0.25, 0.3) is 5.69 Å². The number of aromatic nitrogens is 1. The Bertz CT molecular complexity index is 921. The summed E-state index contributed by atoms with van der Waals surface area (Å²) in [6.07, 6.45) is 1.47. The highest BCUT2D eigenvalue weighted by atomic mass is 32.1. The number of hydrogen-bond donors (Lipinski definition) is 1. The van der Waals surface area contributed by atoms with Crippen molar-refractivity contribution < 1.29 is 19.2 Å². The number of urea groups is 1. The molecule has 0 spiro atoms. The number of rotatable bonds is 5. The van der Waals surface area contributed by atoms with E-state index in [0.29, 0.717) is 36.6 Å². The SMILES string of the molecule is CCOC(=O)c1csc(C2CCN(C(=O)Nc3cccc([N+](=O)[O-])c3C)CC2)n1. The van der Waals surface area contributed by atoms with Crippen LogP contribution in [0.15, 0.2) is 23.6 Å². The maximum absolute atomic E-state index is 12.6. The van der Waals surface area contributed by atoms with Gasteiger partial charge in [-0.2, -0.15) is 0 Å². The van der Waals surface area contributed by atoms with E-state index in [1.54, 1.807) is 36.3 Å². The Morgan fingerprint density at radius 1 is 1.38 bits per heavy atom. The van der Waals surface area contributed by atoms with Crippen molar-refractivity contribution in [2.24, 2.45) is 0 Å². The number of benzene rings is 1. The first-order chi connectivity index (χ1) is 13.9. The van der Waals surface area contributed by atoms with Gasteiger partial charge in [-0.15, -0.1) is 11.3 Å². The topological polar surface area (TPSA) is 115 Å².